The molecule has 128 valence electrons. The predicted molar refractivity (Wildman–Crippen MR) is 97.9 cm³/mol. The van der Waals surface area contributed by atoms with Crippen molar-refractivity contribution >= 4 is 38.9 Å². The summed E-state index contributed by atoms with van der Waals surface area (Å²) in [6.45, 7) is 1.77. The lowest BCUT2D eigenvalue weighted by atomic mass is 10.2. The van der Waals surface area contributed by atoms with Crippen LogP contribution in [0.5, 0.6) is 0 Å². The van der Waals surface area contributed by atoms with Gasteiger partial charge in [0.1, 0.15) is 6.04 Å². The predicted octanol–water partition coefficient (Wildman–Crippen LogP) is 3.52. The van der Waals surface area contributed by atoms with Gasteiger partial charge in [0.15, 0.2) is 0 Å². The fraction of sp³-hybridized carbons (Fsp3) is 0.235. The van der Waals surface area contributed by atoms with E-state index >= 15 is 0 Å². The third kappa shape index (κ3) is 4.49. The Morgan fingerprint density at radius 2 is 1.71 bits per heavy atom. The zero-order valence-electron chi connectivity index (χ0n) is 13.4. The summed E-state index contributed by atoms with van der Waals surface area (Å²) in [6, 6.07) is 14.4. The third-order valence-corrected chi connectivity index (χ3v) is 4.88. The summed E-state index contributed by atoms with van der Waals surface area (Å²) >= 11 is 5.83. The van der Waals surface area contributed by atoms with Crippen molar-refractivity contribution < 1.29 is 13.2 Å². The molecule has 0 bridgehead atoms. The molecule has 0 saturated carbocycles. The van der Waals surface area contributed by atoms with Crippen molar-refractivity contribution in [3.05, 3.63) is 59.6 Å². The second kappa shape index (κ2) is 7.68. The van der Waals surface area contributed by atoms with Crippen molar-refractivity contribution in [1.82, 2.24) is 0 Å². The van der Waals surface area contributed by atoms with Crippen LogP contribution in [0.1, 0.15) is 13.3 Å². The highest BCUT2D eigenvalue weighted by molar-refractivity contribution is 7.92. The topological polar surface area (TPSA) is 66.5 Å². The minimum absolute atomic E-state index is 0.335. The van der Waals surface area contributed by atoms with Gasteiger partial charge < -0.3 is 5.32 Å². The number of rotatable bonds is 6. The number of hydrogen-bond acceptors (Lipinski definition) is 3. The number of sulfonamides is 1. The first-order valence-corrected chi connectivity index (χ1v) is 9.66. The maximum absolute atomic E-state index is 12.6. The number of para-hydroxylation sites is 1. The highest BCUT2D eigenvalue weighted by Gasteiger charge is 2.31. The van der Waals surface area contributed by atoms with E-state index in [4.69, 9.17) is 11.6 Å². The normalized spacial score (nSPS) is 12.5. The maximum atomic E-state index is 12.6. The number of carbonyl (C=O) groups excluding carboxylic acids is 1. The van der Waals surface area contributed by atoms with Crippen LogP contribution < -0.4 is 9.62 Å². The van der Waals surface area contributed by atoms with Gasteiger partial charge in [-0.2, -0.15) is 0 Å². The van der Waals surface area contributed by atoms with Gasteiger partial charge in [-0.15, -0.1) is 0 Å². The lowest BCUT2D eigenvalue weighted by Crippen LogP contribution is -2.46. The van der Waals surface area contributed by atoms with Crippen LogP contribution in [-0.4, -0.2) is 26.6 Å². The first kappa shape index (κ1) is 18.3. The Labute approximate surface area is 147 Å². The molecule has 0 radical (unpaired) electrons. The smallest absolute Gasteiger partial charge is 0.248 e. The van der Waals surface area contributed by atoms with Gasteiger partial charge in [0.05, 0.1) is 11.9 Å². The number of anilines is 2. The fourth-order valence-corrected chi connectivity index (χ4v) is 3.73. The van der Waals surface area contributed by atoms with Crippen molar-refractivity contribution in [1.29, 1.82) is 0 Å². The molecule has 0 aliphatic rings. The molecule has 0 fully saturated rings. The van der Waals surface area contributed by atoms with Crippen LogP contribution >= 0.6 is 11.6 Å². The van der Waals surface area contributed by atoms with Gasteiger partial charge in [0.25, 0.3) is 0 Å². The average molecular weight is 367 g/mol. The monoisotopic (exact) mass is 366 g/mol. The molecule has 0 aromatic heterocycles. The molecule has 0 heterocycles. The van der Waals surface area contributed by atoms with Gasteiger partial charge in [0.2, 0.25) is 15.9 Å². The van der Waals surface area contributed by atoms with Gasteiger partial charge in [-0.05, 0) is 42.8 Å². The van der Waals surface area contributed by atoms with E-state index < -0.39 is 22.0 Å². The minimum Gasteiger partial charge on any atom is -0.324 e. The molecule has 24 heavy (non-hydrogen) atoms. The highest BCUT2D eigenvalue weighted by atomic mass is 35.5. The van der Waals surface area contributed by atoms with Gasteiger partial charge in [-0.3, -0.25) is 9.10 Å². The first-order chi connectivity index (χ1) is 11.3. The summed E-state index contributed by atoms with van der Waals surface area (Å²) in [4.78, 5) is 12.6. The Hall–Kier alpha value is -2.05. The molecule has 7 heteroatoms. The molecular weight excluding hydrogens is 348 g/mol. The highest BCUT2D eigenvalue weighted by Crippen LogP contribution is 2.23. The molecule has 2 aromatic rings. The van der Waals surface area contributed by atoms with Crippen molar-refractivity contribution in [2.45, 2.75) is 19.4 Å². The Balaban J connectivity index is 2.32. The Kier molecular flexibility index (Phi) is 5.85. The number of nitrogens with zero attached hydrogens (tertiary/aromatic N) is 1. The van der Waals surface area contributed by atoms with E-state index in [9.17, 15) is 13.2 Å². The van der Waals surface area contributed by atoms with Crippen molar-refractivity contribution in [3.8, 4) is 0 Å². The van der Waals surface area contributed by atoms with Crippen molar-refractivity contribution in [2.75, 3.05) is 15.9 Å². The molecule has 0 unspecified atom stereocenters. The average Bonchev–Trinajstić information content (AvgIpc) is 2.54. The van der Waals surface area contributed by atoms with E-state index in [0.29, 0.717) is 22.8 Å². The zero-order valence-corrected chi connectivity index (χ0v) is 15.0. The maximum Gasteiger partial charge on any atom is 0.248 e. The van der Waals surface area contributed by atoms with Crippen LogP contribution in [0.25, 0.3) is 0 Å². The molecule has 0 aliphatic heterocycles. The Morgan fingerprint density at radius 3 is 2.21 bits per heavy atom. The van der Waals surface area contributed by atoms with Crippen LogP contribution in [0.15, 0.2) is 54.6 Å². The zero-order chi connectivity index (χ0) is 17.7. The molecule has 0 aliphatic carbocycles. The molecule has 2 rings (SSSR count). The molecule has 1 amide bonds. The SMILES string of the molecule is CC[C@H](C(=O)Nc1ccc(Cl)cc1)N(c1ccccc1)S(C)(=O)=O. The number of amides is 1. The van der Waals surface area contributed by atoms with E-state index in [-0.39, 0.29) is 0 Å². The number of nitrogens with one attached hydrogen (secondary N) is 1. The summed E-state index contributed by atoms with van der Waals surface area (Å²) < 4.78 is 25.7. The Morgan fingerprint density at radius 1 is 1.12 bits per heavy atom. The Bertz CT molecular complexity index is 792. The number of benzene rings is 2. The lowest BCUT2D eigenvalue weighted by Gasteiger charge is -2.30. The van der Waals surface area contributed by atoms with E-state index in [1.54, 1.807) is 61.5 Å². The molecule has 1 atom stereocenters. The fourth-order valence-electron chi connectivity index (χ4n) is 2.39. The standard InChI is InChI=1S/C17H19ClN2O3S/c1-3-16(17(21)19-14-11-9-13(18)10-12-14)20(24(2,22)23)15-7-5-4-6-8-15/h4-12,16H,3H2,1-2H3,(H,19,21)/t16-/m1/s1. The van der Waals surface area contributed by atoms with E-state index in [2.05, 4.69) is 5.32 Å². The summed E-state index contributed by atoms with van der Waals surface area (Å²) in [6.07, 6.45) is 1.43. The third-order valence-electron chi connectivity index (χ3n) is 3.45. The largest absolute Gasteiger partial charge is 0.324 e. The molecule has 5 nitrogen and oxygen atoms in total. The number of halogens is 1. The van der Waals surface area contributed by atoms with Crippen LogP contribution in [0.4, 0.5) is 11.4 Å². The van der Waals surface area contributed by atoms with Gasteiger partial charge >= 0.3 is 0 Å². The van der Waals surface area contributed by atoms with Crippen molar-refractivity contribution in [2.24, 2.45) is 0 Å². The van der Waals surface area contributed by atoms with Crippen LogP contribution in [0.3, 0.4) is 0 Å². The van der Waals surface area contributed by atoms with Gasteiger partial charge in [-0.25, -0.2) is 8.42 Å². The second-order valence-electron chi connectivity index (χ2n) is 5.31. The number of carbonyl (C=O) groups is 1. The number of hydrogen-bond donors (Lipinski definition) is 1. The molecule has 1 N–H and O–H groups in total. The molecular formula is C17H19ClN2O3S. The summed E-state index contributed by atoms with van der Waals surface area (Å²) in [7, 11) is -3.62. The van der Waals surface area contributed by atoms with Crippen molar-refractivity contribution in [3.63, 3.8) is 0 Å². The summed E-state index contributed by atoms with van der Waals surface area (Å²) in [5.41, 5.74) is 1.02. The van der Waals surface area contributed by atoms with Crippen LogP contribution in [-0.2, 0) is 14.8 Å². The quantitative estimate of drug-likeness (QED) is 0.850. The van der Waals surface area contributed by atoms with Gasteiger partial charge in [-0.1, -0.05) is 36.7 Å². The van der Waals surface area contributed by atoms with Crippen LogP contribution in [0.2, 0.25) is 5.02 Å². The van der Waals surface area contributed by atoms with Crippen LogP contribution in [0, 0.1) is 0 Å². The molecule has 2 aromatic carbocycles. The van der Waals surface area contributed by atoms with E-state index in [1.807, 2.05) is 0 Å². The van der Waals surface area contributed by atoms with E-state index in [1.165, 1.54) is 0 Å². The van der Waals surface area contributed by atoms with Gasteiger partial charge in [0, 0.05) is 10.7 Å². The van der Waals surface area contributed by atoms with E-state index in [0.717, 1.165) is 10.6 Å². The summed E-state index contributed by atoms with van der Waals surface area (Å²) in [5, 5.41) is 3.30. The lowest BCUT2D eigenvalue weighted by molar-refractivity contribution is -0.117. The molecule has 0 spiro atoms. The first-order valence-electron chi connectivity index (χ1n) is 7.44. The summed E-state index contributed by atoms with van der Waals surface area (Å²) in [5.74, 6) is -0.394. The minimum atomic E-state index is -3.62. The molecule has 0 saturated heterocycles. The second-order valence-corrected chi connectivity index (χ2v) is 7.61.